The van der Waals surface area contributed by atoms with E-state index in [1.807, 2.05) is 6.92 Å². The zero-order valence-corrected chi connectivity index (χ0v) is 17.9. The number of nitrogens with one attached hydrogen (secondary N) is 1. The maximum atomic E-state index is 13.6. The van der Waals surface area contributed by atoms with Crippen LogP contribution in [0.25, 0.3) is 11.2 Å². The average Bonchev–Trinajstić information content (AvgIpc) is 3.23. The van der Waals surface area contributed by atoms with Gasteiger partial charge in [0.05, 0.1) is 5.41 Å². The summed E-state index contributed by atoms with van der Waals surface area (Å²) >= 11 is 0. The van der Waals surface area contributed by atoms with Crippen LogP contribution in [0.1, 0.15) is 57.7 Å². The van der Waals surface area contributed by atoms with Gasteiger partial charge in [-0.25, -0.2) is 9.37 Å². The minimum absolute atomic E-state index is 0.0719. The maximum absolute atomic E-state index is 13.6. The second kappa shape index (κ2) is 7.43. The molecule has 3 saturated carbocycles. The minimum Gasteiger partial charge on any atom is -0.481 e. The van der Waals surface area contributed by atoms with Gasteiger partial charge in [0.1, 0.15) is 17.4 Å². The van der Waals surface area contributed by atoms with Crippen molar-refractivity contribution in [2.75, 3.05) is 0 Å². The summed E-state index contributed by atoms with van der Waals surface area (Å²) in [6.07, 6.45) is 4.68. The summed E-state index contributed by atoms with van der Waals surface area (Å²) in [4.78, 5) is 37.4. The van der Waals surface area contributed by atoms with Crippen molar-refractivity contribution >= 4 is 17.1 Å². The zero-order chi connectivity index (χ0) is 22.5. The number of aromatic amines is 1. The number of benzene rings is 1. The number of H-pyrrole nitrogens is 1. The Balaban J connectivity index is 1.55. The fraction of sp³-hybridized carbons (Fsp3) is 0.478. The molecule has 1 aromatic carbocycles. The molecule has 2 aromatic heterocycles. The monoisotopic (exact) mass is 440 g/mol. The summed E-state index contributed by atoms with van der Waals surface area (Å²) in [6.45, 7) is 2.34. The molecular formula is C23H25FN4O4. The first-order valence-corrected chi connectivity index (χ1v) is 11.0. The van der Waals surface area contributed by atoms with E-state index in [2.05, 4.69) is 15.0 Å². The molecule has 0 radical (unpaired) electrons. The first-order chi connectivity index (χ1) is 15.4. The molecule has 6 rings (SSSR count). The van der Waals surface area contributed by atoms with Gasteiger partial charge in [-0.1, -0.05) is 13.0 Å². The Morgan fingerprint density at radius 3 is 2.56 bits per heavy atom. The molecule has 0 amide bonds. The molecule has 3 aromatic rings. The zero-order valence-electron chi connectivity index (χ0n) is 17.9. The molecule has 0 atom stereocenters. The number of hydrogen-bond acceptors (Lipinski definition) is 5. The number of hydrogen-bond donors (Lipinski definition) is 2. The van der Waals surface area contributed by atoms with Gasteiger partial charge in [-0.05, 0) is 57.1 Å². The molecule has 8 nitrogen and oxygen atoms in total. The largest absolute Gasteiger partial charge is 0.481 e. The van der Waals surface area contributed by atoms with Crippen molar-refractivity contribution in [2.45, 2.75) is 63.8 Å². The molecule has 168 valence electrons. The molecular weight excluding hydrogens is 415 g/mol. The van der Waals surface area contributed by atoms with E-state index in [0.29, 0.717) is 43.6 Å². The second-order valence-corrected chi connectivity index (χ2v) is 9.06. The SMILES string of the molecule is CCCn1c(Oc2cccc(F)c2)nc2nc(C34CCC(C(=O)O)(CC3)CC4)[nH]c2c1=O. The molecule has 3 aliphatic carbocycles. The predicted molar refractivity (Wildman–Crippen MR) is 114 cm³/mol. The van der Waals surface area contributed by atoms with Crippen molar-refractivity contribution in [3.05, 3.63) is 46.3 Å². The van der Waals surface area contributed by atoms with Crippen LogP contribution in [0.3, 0.4) is 0 Å². The highest BCUT2D eigenvalue weighted by Crippen LogP contribution is 2.57. The third-order valence-electron chi connectivity index (χ3n) is 7.23. The van der Waals surface area contributed by atoms with Crippen LogP contribution in [0.2, 0.25) is 0 Å². The molecule has 2 N–H and O–H groups in total. The van der Waals surface area contributed by atoms with Crippen molar-refractivity contribution in [3.63, 3.8) is 0 Å². The summed E-state index contributed by atoms with van der Waals surface area (Å²) in [5.74, 6) is -0.207. The number of halogens is 1. The number of rotatable bonds is 6. The van der Waals surface area contributed by atoms with Crippen molar-refractivity contribution in [1.82, 2.24) is 19.5 Å². The summed E-state index contributed by atoms with van der Waals surface area (Å²) < 4.78 is 20.8. The molecule has 32 heavy (non-hydrogen) atoms. The van der Waals surface area contributed by atoms with E-state index in [-0.39, 0.29) is 28.4 Å². The molecule has 9 heteroatoms. The smallest absolute Gasteiger partial charge is 0.309 e. The summed E-state index contributed by atoms with van der Waals surface area (Å²) in [7, 11) is 0. The van der Waals surface area contributed by atoms with Gasteiger partial charge in [0.2, 0.25) is 0 Å². The van der Waals surface area contributed by atoms with Crippen molar-refractivity contribution in [3.8, 4) is 11.8 Å². The Labute approximate surface area is 183 Å². The number of aliphatic carboxylic acids is 1. The van der Waals surface area contributed by atoms with Gasteiger partial charge in [0.15, 0.2) is 11.2 Å². The predicted octanol–water partition coefficient (Wildman–Crippen LogP) is 4.14. The molecule has 0 spiro atoms. The van der Waals surface area contributed by atoms with E-state index < -0.39 is 17.2 Å². The lowest BCUT2D eigenvalue weighted by Gasteiger charge is -2.50. The van der Waals surface area contributed by atoms with E-state index >= 15 is 0 Å². The van der Waals surface area contributed by atoms with E-state index in [1.54, 1.807) is 6.07 Å². The van der Waals surface area contributed by atoms with Crippen LogP contribution >= 0.6 is 0 Å². The van der Waals surface area contributed by atoms with Gasteiger partial charge in [-0.3, -0.25) is 14.2 Å². The third kappa shape index (κ3) is 3.18. The minimum atomic E-state index is -0.710. The van der Waals surface area contributed by atoms with Crippen molar-refractivity contribution in [1.29, 1.82) is 0 Å². The quantitative estimate of drug-likeness (QED) is 0.596. The Morgan fingerprint density at radius 2 is 1.94 bits per heavy atom. The number of carbonyl (C=O) groups is 1. The number of nitrogens with zero attached hydrogens (tertiary/aromatic N) is 3. The topological polar surface area (TPSA) is 110 Å². The van der Waals surface area contributed by atoms with Gasteiger partial charge in [0.25, 0.3) is 5.56 Å². The van der Waals surface area contributed by atoms with Gasteiger partial charge >= 0.3 is 12.0 Å². The van der Waals surface area contributed by atoms with E-state index in [9.17, 15) is 19.1 Å². The van der Waals surface area contributed by atoms with Gasteiger partial charge < -0.3 is 14.8 Å². The number of fused-ring (bicyclic) bond motifs is 4. The summed E-state index contributed by atoms with van der Waals surface area (Å²) in [5.41, 5.74) is -0.589. The Hall–Kier alpha value is -3.23. The number of carboxylic acids is 1. The maximum Gasteiger partial charge on any atom is 0.309 e. The fourth-order valence-corrected chi connectivity index (χ4v) is 5.21. The number of aromatic nitrogens is 4. The van der Waals surface area contributed by atoms with Crippen LogP contribution < -0.4 is 10.3 Å². The summed E-state index contributed by atoms with van der Waals surface area (Å²) in [6, 6.07) is 5.75. The van der Waals surface area contributed by atoms with Crippen LogP contribution in [0.15, 0.2) is 29.1 Å². The van der Waals surface area contributed by atoms with Gasteiger partial charge in [0, 0.05) is 18.0 Å². The highest BCUT2D eigenvalue weighted by atomic mass is 19.1. The lowest BCUT2D eigenvalue weighted by atomic mass is 9.53. The fourth-order valence-electron chi connectivity index (χ4n) is 5.21. The molecule has 0 aliphatic heterocycles. The normalized spacial score (nSPS) is 24.7. The Morgan fingerprint density at radius 1 is 1.22 bits per heavy atom. The van der Waals surface area contributed by atoms with Crippen LogP contribution in [-0.2, 0) is 16.8 Å². The molecule has 3 aliphatic rings. The molecule has 0 unspecified atom stereocenters. The molecule has 3 fully saturated rings. The van der Waals surface area contributed by atoms with Crippen LogP contribution in [0, 0.1) is 11.2 Å². The number of ether oxygens (including phenoxy) is 1. The van der Waals surface area contributed by atoms with Crippen molar-refractivity contribution < 1.29 is 19.0 Å². The molecule has 2 heterocycles. The van der Waals surface area contributed by atoms with Gasteiger partial charge in [-0.2, -0.15) is 4.98 Å². The van der Waals surface area contributed by atoms with Gasteiger partial charge in [-0.15, -0.1) is 0 Å². The van der Waals surface area contributed by atoms with E-state index in [0.717, 1.165) is 19.3 Å². The van der Waals surface area contributed by atoms with E-state index in [1.165, 1.54) is 22.8 Å². The highest BCUT2D eigenvalue weighted by Gasteiger charge is 2.54. The van der Waals surface area contributed by atoms with Crippen LogP contribution in [0.5, 0.6) is 11.8 Å². The number of imidazole rings is 1. The first-order valence-electron chi connectivity index (χ1n) is 11.0. The van der Waals surface area contributed by atoms with Crippen LogP contribution in [-0.4, -0.2) is 30.6 Å². The Kier molecular flexibility index (Phi) is 4.79. The number of carboxylic acid groups (broad SMARTS) is 1. The first kappa shape index (κ1) is 20.7. The molecule has 0 saturated heterocycles. The highest BCUT2D eigenvalue weighted by molar-refractivity contribution is 5.75. The lowest BCUT2D eigenvalue weighted by Crippen LogP contribution is -2.48. The van der Waals surface area contributed by atoms with Crippen molar-refractivity contribution in [2.24, 2.45) is 5.41 Å². The third-order valence-corrected chi connectivity index (χ3v) is 7.23. The second-order valence-electron chi connectivity index (χ2n) is 9.06. The van der Waals surface area contributed by atoms with Crippen LogP contribution in [0.4, 0.5) is 4.39 Å². The average molecular weight is 440 g/mol. The molecule has 2 bridgehead atoms. The Bertz CT molecular complexity index is 1240. The standard InChI is InChI=1S/C23H25FN4O4/c1-2-12-28-18(29)16-17(27-21(28)32-15-5-3-4-14(24)13-15)26-19(25-16)22-6-9-23(10-7-22,11-8-22)20(30)31/h3-5,13H,2,6-12H2,1H3,(H,25,26)(H,30,31). The lowest BCUT2D eigenvalue weighted by molar-refractivity contribution is -0.156. The van der Waals surface area contributed by atoms with E-state index in [4.69, 9.17) is 4.74 Å². The summed E-state index contributed by atoms with van der Waals surface area (Å²) in [5, 5.41) is 9.65.